The van der Waals surface area contributed by atoms with Gasteiger partial charge in [-0.1, -0.05) is 0 Å². The molecular formula is C16H26N2O2. The maximum Gasteiger partial charge on any atom is 0.123 e. The van der Waals surface area contributed by atoms with Crippen molar-refractivity contribution in [3.63, 3.8) is 0 Å². The van der Waals surface area contributed by atoms with Crippen molar-refractivity contribution in [2.24, 2.45) is 5.73 Å². The van der Waals surface area contributed by atoms with E-state index < -0.39 is 0 Å². The monoisotopic (exact) mass is 278 g/mol. The van der Waals surface area contributed by atoms with Crippen molar-refractivity contribution < 1.29 is 9.47 Å². The molecule has 0 aliphatic carbocycles. The van der Waals surface area contributed by atoms with Crippen LogP contribution < -0.4 is 15.2 Å². The maximum atomic E-state index is 6.19. The summed E-state index contributed by atoms with van der Waals surface area (Å²) in [6, 6.07) is 6.07. The predicted molar refractivity (Wildman–Crippen MR) is 81.6 cm³/mol. The fraction of sp³-hybridized carbons (Fsp3) is 0.625. The highest BCUT2D eigenvalue weighted by molar-refractivity contribution is 5.46. The second kappa shape index (κ2) is 6.46. The van der Waals surface area contributed by atoms with Gasteiger partial charge in [-0.25, -0.2) is 0 Å². The lowest BCUT2D eigenvalue weighted by molar-refractivity contribution is 0.290. The van der Waals surface area contributed by atoms with E-state index in [4.69, 9.17) is 15.2 Å². The van der Waals surface area contributed by atoms with Gasteiger partial charge in [0, 0.05) is 17.5 Å². The summed E-state index contributed by atoms with van der Waals surface area (Å²) in [5.41, 5.74) is 7.38. The van der Waals surface area contributed by atoms with Gasteiger partial charge in [0.05, 0.1) is 13.7 Å². The van der Waals surface area contributed by atoms with E-state index in [-0.39, 0.29) is 5.41 Å². The molecule has 0 radical (unpaired) electrons. The molecule has 112 valence electrons. The molecule has 0 amide bonds. The number of benzene rings is 1. The van der Waals surface area contributed by atoms with Crippen LogP contribution >= 0.6 is 0 Å². The third-order valence-corrected chi connectivity index (χ3v) is 4.24. The van der Waals surface area contributed by atoms with Gasteiger partial charge in [-0.05, 0) is 58.1 Å². The predicted octanol–water partition coefficient (Wildman–Crippen LogP) is 2.02. The molecule has 1 aliphatic rings. The van der Waals surface area contributed by atoms with Crippen LogP contribution in [0.4, 0.5) is 0 Å². The lowest BCUT2D eigenvalue weighted by Crippen LogP contribution is -2.37. The highest BCUT2D eigenvalue weighted by Crippen LogP contribution is 2.42. The van der Waals surface area contributed by atoms with Crippen LogP contribution in [0.25, 0.3) is 0 Å². The van der Waals surface area contributed by atoms with Crippen LogP contribution in [0, 0.1) is 0 Å². The van der Waals surface area contributed by atoms with Crippen LogP contribution in [0.15, 0.2) is 18.2 Å². The highest BCUT2D eigenvalue weighted by atomic mass is 16.5. The molecule has 0 saturated heterocycles. The van der Waals surface area contributed by atoms with Crippen LogP contribution in [0.1, 0.15) is 24.8 Å². The molecule has 20 heavy (non-hydrogen) atoms. The molecule has 1 unspecified atom stereocenters. The summed E-state index contributed by atoms with van der Waals surface area (Å²) in [5, 5.41) is 0. The van der Waals surface area contributed by atoms with Gasteiger partial charge in [-0.2, -0.15) is 0 Å². The minimum absolute atomic E-state index is 0.00928. The first kappa shape index (κ1) is 15.1. The number of rotatable bonds is 5. The third-order valence-electron chi connectivity index (χ3n) is 4.24. The summed E-state index contributed by atoms with van der Waals surface area (Å²) in [6.45, 7) is 2.43. The van der Waals surface area contributed by atoms with Gasteiger partial charge < -0.3 is 20.1 Å². The van der Waals surface area contributed by atoms with Crippen LogP contribution in [0.2, 0.25) is 0 Å². The van der Waals surface area contributed by atoms with E-state index >= 15 is 0 Å². The average molecular weight is 278 g/mol. The van der Waals surface area contributed by atoms with Gasteiger partial charge in [0.2, 0.25) is 0 Å². The standard InChI is InChI=1S/C16H26N2O2/c1-18(2)9-8-16(12-17)7-4-10-20-15-6-5-13(19-3)11-14(15)16/h5-6,11H,4,7-10,12,17H2,1-3H3. The van der Waals surface area contributed by atoms with Crippen molar-refractivity contribution in [1.29, 1.82) is 0 Å². The summed E-state index contributed by atoms with van der Waals surface area (Å²) >= 11 is 0. The molecule has 1 aliphatic heterocycles. The number of methoxy groups -OCH3 is 1. The average Bonchev–Trinajstić information content (AvgIpc) is 2.64. The summed E-state index contributed by atoms with van der Waals surface area (Å²) < 4.78 is 11.3. The Morgan fingerprint density at radius 1 is 1.40 bits per heavy atom. The van der Waals surface area contributed by atoms with E-state index in [9.17, 15) is 0 Å². The number of nitrogens with two attached hydrogens (primary N) is 1. The maximum absolute atomic E-state index is 6.19. The molecule has 1 aromatic carbocycles. The third kappa shape index (κ3) is 3.07. The SMILES string of the molecule is COc1ccc2c(c1)C(CN)(CCN(C)C)CCCO2. The summed E-state index contributed by atoms with van der Waals surface area (Å²) in [5.74, 6) is 1.84. The fourth-order valence-electron chi connectivity index (χ4n) is 2.92. The molecule has 0 bridgehead atoms. The molecule has 1 aromatic rings. The largest absolute Gasteiger partial charge is 0.497 e. The van der Waals surface area contributed by atoms with Crippen LogP contribution in [0.5, 0.6) is 11.5 Å². The number of hydrogen-bond acceptors (Lipinski definition) is 4. The van der Waals surface area contributed by atoms with Crippen LogP contribution in [0.3, 0.4) is 0 Å². The van der Waals surface area contributed by atoms with Gasteiger partial charge in [0.15, 0.2) is 0 Å². The molecule has 0 aromatic heterocycles. The number of nitrogens with zero attached hydrogens (tertiary/aromatic N) is 1. The van der Waals surface area contributed by atoms with Gasteiger partial charge in [-0.15, -0.1) is 0 Å². The Balaban J connectivity index is 2.40. The summed E-state index contributed by atoms with van der Waals surface area (Å²) in [6.07, 6.45) is 3.15. The van der Waals surface area contributed by atoms with E-state index in [1.54, 1.807) is 7.11 Å². The Morgan fingerprint density at radius 2 is 2.20 bits per heavy atom. The zero-order valence-electron chi connectivity index (χ0n) is 12.8. The van der Waals surface area contributed by atoms with Crippen molar-refractivity contribution in [2.45, 2.75) is 24.7 Å². The lowest BCUT2D eigenvalue weighted by atomic mass is 9.74. The summed E-state index contributed by atoms with van der Waals surface area (Å²) in [4.78, 5) is 2.21. The molecule has 0 saturated carbocycles. The first-order valence-electron chi connectivity index (χ1n) is 7.27. The Kier molecular flexibility index (Phi) is 4.89. The number of ether oxygens (including phenoxy) is 2. The topological polar surface area (TPSA) is 47.7 Å². The molecule has 2 N–H and O–H groups in total. The van der Waals surface area contributed by atoms with Crippen molar-refractivity contribution in [1.82, 2.24) is 4.90 Å². The Morgan fingerprint density at radius 3 is 2.85 bits per heavy atom. The zero-order chi connectivity index (χ0) is 14.6. The number of fused-ring (bicyclic) bond motifs is 1. The Labute approximate surface area is 121 Å². The molecular weight excluding hydrogens is 252 g/mol. The normalized spacial score (nSPS) is 22.1. The quantitative estimate of drug-likeness (QED) is 0.895. The summed E-state index contributed by atoms with van der Waals surface area (Å²) in [7, 11) is 5.90. The van der Waals surface area contributed by atoms with Gasteiger partial charge >= 0.3 is 0 Å². The minimum Gasteiger partial charge on any atom is -0.497 e. The zero-order valence-corrected chi connectivity index (χ0v) is 12.8. The Bertz CT molecular complexity index is 448. The van der Waals surface area contributed by atoms with Crippen LogP contribution in [-0.2, 0) is 5.41 Å². The molecule has 2 rings (SSSR count). The first-order valence-corrected chi connectivity index (χ1v) is 7.27. The Hall–Kier alpha value is -1.26. The number of hydrogen-bond donors (Lipinski definition) is 1. The van der Waals surface area contributed by atoms with Gasteiger partial charge in [0.25, 0.3) is 0 Å². The lowest BCUT2D eigenvalue weighted by Gasteiger charge is -2.33. The minimum atomic E-state index is -0.00928. The van der Waals surface area contributed by atoms with E-state index in [0.29, 0.717) is 6.54 Å². The first-order chi connectivity index (χ1) is 9.61. The van der Waals surface area contributed by atoms with Crippen LogP contribution in [-0.4, -0.2) is 45.8 Å². The van der Waals surface area contributed by atoms with E-state index in [1.807, 2.05) is 12.1 Å². The second-order valence-electron chi connectivity index (χ2n) is 5.85. The van der Waals surface area contributed by atoms with E-state index in [2.05, 4.69) is 25.1 Å². The van der Waals surface area contributed by atoms with Gasteiger partial charge in [-0.3, -0.25) is 0 Å². The second-order valence-corrected chi connectivity index (χ2v) is 5.85. The van der Waals surface area contributed by atoms with E-state index in [1.165, 1.54) is 5.56 Å². The highest BCUT2D eigenvalue weighted by Gasteiger charge is 2.35. The fourth-order valence-corrected chi connectivity index (χ4v) is 2.92. The van der Waals surface area contributed by atoms with Crippen molar-refractivity contribution in [2.75, 3.05) is 40.9 Å². The molecule has 1 atom stereocenters. The van der Waals surface area contributed by atoms with Crippen molar-refractivity contribution in [3.05, 3.63) is 23.8 Å². The molecule has 0 fully saturated rings. The molecule has 1 heterocycles. The molecule has 4 nitrogen and oxygen atoms in total. The van der Waals surface area contributed by atoms with E-state index in [0.717, 1.165) is 43.9 Å². The van der Waals surface area contributed by atoms with Gasteiger partial charge in [0.1, 0.15) is 11.5 Å². The molecule has 0 spiro atoms. The smallest absolute Gasteiger partial charge is 0.123 e. The molecule has 4 heteroatoms. The van der Waals surface area contributed by atoms with Crippen molar-refractivity contribution in [3.8, 4) is 11.5 Å². The van der Waals surface area contributed by atoms with Crippen molar-refractivity contribution >= 4 is 0 Å².